The number of rotatable bonds is 5. The van der Waals surface area contributed by atoms with Crippen molar-refractivity contribution in [3.05, 3.63) is 71.8 Å². The van der Waals surface area contributed by atoms with Gasteiger partial charge in [0.1, 0.15) is 0 Å². The molecule has 5 heteroatoms. The number of piperidine rings is 1. The number of benzene rings is 2. The second-order valence-corrected chi connectivity index (χ2v) is 7.28. The van der Waals surface area contributed by atoms with Crippen LogP contribution in [0.15, 0.2) is 60.7 Å². The Morgan fingerprint density at radius 2 is 1.50 bits per heavy atom. The highest BCUT2D eigenvalue weighted by Gasteiger charge is 2.54. The van der Waals surface area contributed by atoms with Gasteiger partial charge in [-0.05, 0) is 42.0 Å². The van der Waals surface area contributed by atoms with Gasteiger partial charge in [-0.2, -0.15) is 0 Å². The number of amides is 1. The molecular formula is C21H25ClN2O2. The first-order valence-electron chi connectivity index (χ1n) is 8.92. The molecule has 2 aliphatic rings. The van der Waals surface area contributed by atoms with Crippen LogP contribution in [0.4, 0.5) is 0 Å². The Morgan fingerprint density at radius 1 is 1.04 bits per heavy atom. The molecule has 1 saturated heterocycles. The molecule has 138 valence electrons. The Labute approximate surface area is 160 Å². The van der Waals surface area contributed by atoms with Gasteiger partial charge in [0, 0.05) is 13.6 Å². The fourth-order valence-electron chi connectivity index (χ4n) is 4.27. The maximum Gasteiger partial charge on any atom is 0.263 e. The van der Waals surface area contributed by atoms with Crippen molar-refractivity contribution in [2.45, 2.75) is 5.60 Å². The number of hydrogen-bond donors (Lipinski definition) is 2. The van der Waals surface area contributed by atoms with Gasteiger partial charge >= 0.3 is 0 Å². The number of hydrogen-bond acceptors (Lipinski definition) is 3. The number of carbonyl (C=O) groups is 1. The molecule has 1 saturated carbocycles. The lowest BCUT2D eigenvalue weighted by molar-refractivity contribution is -0.147. The lowest BCUT2D eigenvalue weighted by atomic mass is 9.85. The van der Waals surface area contributed by atoms with Gasteiger partial charge in [0.15, 0.2) is 5.60 Å². The van der Waals surface area contributed by atoms with E-state index in [0.29, 0.717) is 35.4 Å². The van der Waals surface area contributed by atoms with Crippen molar-refractivity contribution in [2.24, 2.45) is 17.8 Å². The summed E-state index contributed by atoms with van der Waals surface area (Å²) < 4.78 is 0. The minimum Gasteiger partial charge on any atom is -0.372 e. The quantitative estimate of drug-likeness (QED) is 0.846. The molecule has 26 heavy (non-hydrogen) atoms. The van der Waals surface area contributed by atoms with Gasteiger partial charge in [-0.1, -0.05) is 60.7 Å². The van der Waals surface area contributed by atoms with E-state index in [9.17, 15) is 9.90 Å². The molecule has 1 unspecified atom stereocenters. The summed E-state index contributed by atoms with van der Waals surface area (Å²) in [5, 5.41) is 14.9. The smallest absolute Gasteiger partial charge is 0.263 e. The fourth-order valence-corrected chi connectivity index (χ4v) is 4.27. The number of fused-ring (bicyclic) bond motifs is 1. The van der Waals surface area contributed by atoms with Crippen LogP contribution in [-0.2, 0) is 10.4 Å². The Hall–Kier alpha value is -1.88. The average Bonchev–Trinajstić information content (AvgIpc) is 3.07. The van der Waals surface area contributed by atoms with Crippen LogP contribution in [0.1, 0.15) is 11.1 Å². The summed E-state index contributed by atoms with van der Waals surface area (Å²) in [6.45, 7) is 2.82. The van der Waals surface area contributed by atoms with Gasteiger partial charge in [0.05, 0.1) is 0 Å². The summed E-state index contributed by atoms with van der Waals surface area (Å²) in [5.41, 5.74) is -0.439. The third-order valence-electron chi connectivity index (χ3n) is 5.79. The van der Waals surface area contributed by atoms with Crippen molar-refractivity contribution < 1.29 is 9.90 Å². The molecular weight excluding hydrogens is 348 g/mol. The molecule has 1 heterocycles. The molecule has 3 atom stereocenters. The van der Waals surface area contributed by atoms with Gasteiger partial charge in [-0.25, -0.2) is 0 Å². The van der Waals surface area contributed by atoms with Crippen molar-refractivity contribution in [2.75, 3.05) is 26.7 Å². The summed E-state index contributed by atoms with van der Waals surface area (Å²) in [5.74, 6) is 1.68. The minimum atomic E-state index is -1.65. The molecule has 2 aromatic rings. The largest absolute Gasteiger partial charge is 0.372 e. The maximum absolute atomic E-state index is 13.3. The maximum atomic E-state index is 13.3. The first-order chi connectivity index (χ1) is 12.1. The third kappa shape index (κ3) is 3.13. The molecule has 4 nitrogen and oxygen atoms in total. The molecule has 2 N–H and O–H groups in total. The highest BCUT2D eigenvalue weighted by atomic mass is 35.5. The van der Waals surface area contributed by atoms with Gasteiger partial charge in [0.25, 0.3) is 5.91 Å². The zero-order chi connectivity index (χ0) is 17.4. The van der Waals surface area contributed by atoms with Crippen molar-refractivity contribution in [3.63, 3.8) is 0 Å². The molecule has 0 bridgehead atoms. The van der Waals surface area contributed by atoms with E-state index >= 15 is 0 Å². The van der Waals surface area contributed by atoms with Crippen LogP contribution in [-0.4, -0.2) is 42.6 Å². The van der Waals surface area contributed by atoms with Crippen molar-refractivity contribution >= 4 is 18.3 Å². The monoisotopic (exact) mass is 372 g/mol. The predicted octanol–water partition coefficient (Wildman–Crippen LogP) is 2.27. The summed E-state index contributed by atoms with van der Waals surface area (Å²) in [7, 11) is 1.81. The molecule has 1 amide bonds. The van der Waals surface area contributed by atoms with E-state index in [1.807, 2.05) is 60.7 Å². The Morgan fingerprint density at radius 3 is 1.96 bits per heavy atom. The summed E-state index contributed by atoms with van der Waals surface area (Å²) in [6.07, 6.45) is 0. The van der Waals surface area contributed by atoms with Crippen molar-refractivity contribution in [1.82, 2.24) is 10.2 Å². The third-order valence-corrected chi connectivity index (χ3v) is 5.79. The topological polar surface area (TPSA) is 52.6 Å². The zero-order valence-corrected chi connectivity index (χ0v) is 15.7. The van der Waals surface area contributed by atoms with Crippen LogP contribution in [0.3, 0.4) is 0 Å². The summed E-state index contributed by atoms with van der Waals surface area (Å²) in [6, 6.07) is 18.5. The average molecular weight is 373 g/mol. The highest BCUT2D eigenvalue weighted by molar-refractivity contribution is 5.90. The van der Waals surface area contributed by atoms with Crippen LogP contribution in [0.5, 0.6) is 0 Å². The SMILES string of the molecule is CN(CC1[C@H]2CNC[C@@H]12)C(=O)C(O)(c1ccccc1)c1ccccc1.Cl. The normalized spacial score (nSPS) is 23.7. The first kappa shape index (κ1) is 18.9. The minimum absolute atomic E-state index is 0. The van der Waals surface area contributed by atoms with E-state index in [4.69, 9.17) is 0 Å². The highest BCUT2D eigenvalue weighted by Crippen LogP contribution is 2.49. The van der Waals surface area contributed by atoms with Crippen LogP contribution >= 0.6 is 12.4 Å². The first-order valence-corrected chi connectivity index (χ1v) is 8.92. The summed E-state index contributed by atoms with van der Waals surface area (Å²) in [4.78, 5) is 15.0. The molecule has 4 rings (SSSR count). The molecule has 0 radical (unpaired) electrons. The van der Waals surface area contributed by atoms with E-state index in [0.717, 1.165) is 13.1 Å². The van der Waals surface area contributed by atoms with Gasteiger partial charge in [-0.15, -0.1) is 12.4 Å². The Bertz CT molecular complexity index is 704. The lowest BCUT2D eigenvalue weighted by Crippen LogP contribution is -2.47. The van der Waals surface area contributed by atoms with E-state index in [1.54, 1.807) is 11.9 Å². The molecule has 0 aromatic heterocycles. The second-order valence-electron chi connectivity index (χ2n) is 7.28. The predicted molar refractivity (Wildman–Crippen MR) is 104 cm³/mol. The Balaban J connectivity index is 0.00000196. The fraction of sp³-hybridized carbons (Fsp3) is 0.381. The molecule has 2 fully saturated rings. The molecule has 2 aromatic carbocycles. The van der Waals surface area contributed by atoms with Crippen LogP contribution < -0.4 is 5.32 Å². The van der Waals surface area contributed by atoms with Gasteiger partial charge in [-0.3, -0.25) is 4.79 Å². The number of likely N-dealkylation sites (N-methyl/N-ethyl adjacent to an activating group) is 1. The number of aliphatic hydroxyl groups is 1. The van der Waals surface area contributed by atoms with E-state index < -0.39 is 5.60 Å². The van der Waals surface area contributed by atoms with Crippen LogP contribution in [0, 0.1) is 17.8 Å². The van der Waals surface area contributed by atoms with Crippen LogP contribution in [0.25, 0.3) is 0 Å². The van der Waals surface area contributed by atoms with Crippen molar-refractivity contribution in [1.29, 1.82) is 0 Å². The van der Waals surface area contributed by atoms with Gasteiger partial charge < -0.3 is 15.3 Å². The zero-order valence-electron chi connectivity index (χ0n) is 14.8. The molecule has 1 aliphatic heterocycles. The Kier molecular flexibility index (Phi) is 5.37. The number of nitrogens with zero attached hydrogens (tertiary/aromatic N) is 1. The second kappa shape index (κ2) is 7.39. The lowest BCUT2D eigenvalue weighted by Gasteiger charge is -2.32. The number of nitrogens with one attached hydrogen (secondary N) is 1. The molecule has 0 spiro atoms. The van der Waals surface area contributed by atoms with Crippen LogP contribution in [0.2, 0.25) is 0 Å². The number of halogens is 1. The molecule has 1 aliphatic carbocycles. The standard InChI is InChI=1S/C21H24N2O2.ClH/c1-23(14-19-17-12-22-13-18(17)19)20(24)21(25,15-8-4-2-5-9-15)16-10-6-3-7-11-16;/h2-11,17-19,22,25H,12-14H2,1H3;1H/t17-,18+,19?;. The van der Waals surface area contributed by atoms with Gasteiger partial charge in [0.2, 0.25) is 0 Å². The van der Waals surface area contributed by atoms with E-state index in [-0.39, 0.29) is 18.3 Å². The number of carbonyl (C=O) groups excluding carboxylic acids is 1. The van der Waals surface area contributed by atoms with Crippen molar-refractivity contribution in [3.8, 4) is 0 Å². The van der Waals surface area contributed by atoms with E-state index in [1.165, 1.54) is 0 Å². The van der Waals surface area contributed by atoms with E-state index in [2.05, 4.69) is 5.32 Å². The summed E-state index contributed by atoms with van der Waals surface area (Å²) >= 11 is 0.